The predicted octanol–water partition coefficient (Wildman–Crippen LogP) is 0.309. The Hall–Kier alpha value is -1.43. The van der Waals surface area contributed by atoms with E-state index >= 15 is 0 Å². The van der Waals surface area contributed by atoms with Gasteiger partial charge in [0.05, 0.1) is 24.9 Å². The Labute approximate surface area is 124 Å². The van der Waals surface area contributed by atoms with Crippen LogP contribution < -0.4 is 5.32 Å². The second-order valence-electron chi connectivity index (χ2n) is 5.90. The number of aliphatic hydroxyl groups excluding tert-OH is 1. The molecule has 1 aromatic rings. The topological polar surface area (TPSA) is 61.8 Å². The lowest BCUT2D eigenvalue weighted by atomic mass is 9.95. The minimum atomic E-state index is -0.270. The van der Waals surface area contributed by atoms with Crippen molar-refractivity contribution in [3.05, 3.63) is 35.4 Å². The maximum absolute atomic E-state index is 12.7. The maximum atomic E-state index is 12.7. The summed E-state index contributed by atoms with van der Waals surface area (Å²) in [7, 11) is 0. The zero-order valence-electron chi connectivity index (χ0n) is 12.3. The second-order valence-corrected chi connectivity index (χ2v) is 5.90. The van der Waals surface area contributed by atoms with Crippen LogP contribution in [0.25, 0.3) is 0 Å². The van der Waals surface area contributed by atoms with Crippen LogP contribution in [0.2, 0.25) is 0 Å². The van der Waals surface area contributed by atoms with Crippen molar-refractivity contribution < 1.29 is 14.6 Å². The van der Waals surface area contributed by atoms with Crippen LogP contribution >= 0.6 is 0 Å². The van der Waals surface area contributed by atoms with Gasteiger partial charge in [0.2, 0.25) is 5.91 Å². The molecule has 2 unspecified atom stereocenters. The Morgan fingerprint density at radius 1 is 1.38 bits per heavy atom. The summed E-state index contributed by atoms with van der Waals surface area (Å²) in [6.07, 6.45) is 0.425. The molecule has 1 aromatic carbocycles. The first kappa shape index (κ1) is 14.5. The summed E-state index contributed by atoms with van der Waals surface area (Å²) < 4.78 is 5.60. The molecule has 5 heteroatoms. The number of benzene rings is 1. The molecular formula is C16H22N2O3. The highest BCUT2D eigenvalue weighted by molar-refractivity contribution is 5.82. The fraction of sp³-hybridized carbons (Fsp3) is 0.562. The van der Waals surface area contributed by atoms with Crippen LogP contribution in [0.5, 0.6) is 0 Å². The molecule has 2 aliphatic heterocycles. The lowest BCUT2D eigenvalue weighted by Crippen LogP contribution is -2.56. The first-order valence-corrected chi connectivity index (χ1v) is 7.52. The van der Waals surface area contributed by atoms with E-state index in [2.05, 4.69) is 17.4 Å². The average molecular weight is 290 g/mol. The lowest BCUT2D eigenvalue weighted by Gasteiger charge is -2.38. The van der Waals surface area contributed by atoms with Gasteiger partial charge in [0.25, 0.3) is 0 Å². The number of hydrogen-bond acceptors (Lipinski definition) is 4. The fourth-order valence-electron chi connectivity index (χ4n) is 3.18. The fourth-order valence-corrected chi connectivity index (χ4v) is 3.18. The molecule has 0 spiro atoms. The largest absolute Gasteiger partial charge is 0.394 e. The summed E-state index contributed by atoms with van der Waals surface area (Å²) in [5, 5.41) is 12.6. The molecular weight excluding hydrogens is 268 g/mol. The van der Waals surface area contributed by atoms with Crippen molar-refractivity contribution in [3.63, 3.8) is 0 Å². The Kier molecular flexibility index (Phi) is 4.24. The van der Waals surface area contributed by atoms with Gasteiger partial charge in [-0.3, -0.25) is 4.79 Å². The van der Waals surface area contributed by atoms with Crippen molar-refractivity contribution in [1.82, 2.24) is 10.2 Å². The number of carbonyl (C=O) groups is 1. The summed E-state index contributed by atoms with van der Waals surface area (Å²) in [6.45, 7) is 3.69. The Morgan fingerprint density at radius 3 is 2.90 bits per heavy atom. The van der Waals surface area contributed by atoms with Crippen LogP contribution in [0.4, 0.5) is 0 Å². The summed E-state index contributed by atoms with van der Waals surface area (Å²) >= 11 is 0. The molecule has 3 atom stereocenters. The Bertz CT molecular complexity index is 520. The minimum absolute atomic E-state index is 0.0317. The van der Waals surface area contributed by atoms with E-state index in [0.29, 0.717) is 13.1 Å². The lowest BCUT2D eigenvalue weighted by molar-refractivity contribution is -0.149. The molecule has 2 aliphatic rings. The van der Waals surface area contributed by atoms with Crippen LogP contribution in [0.1, 0.15) is 18.1 Å². The number of fused-ring (bicyclic) bond motifs is 1. The van der Waals surface area contributed by atoms with Crippen LogP contribution in [0.15, 0.2) is 24.3 Å². The van der Waals surface area contributed by atoms with Crippen molar-refractivity contribution in [2.75, 3.05) is 19.7 Å². The molecule has 1 amide bonds. The van der Waals surface area contributed by atoms with Crippen LogP contribution in [-0.4, -0.2) is 53.9 Å². The van der Waals surface area contributed by atoms with Crippen LogP contribution in [0, 0.1) is 0 Å². The molecule has 1 saturated heterocycles. The van der Waals surface area contributed by atoms with Gasteiger partial charge in [0.1, 0.15) is 0 Å². The zero-order chi connectivity index (χ0) is 14.8. The second kappa shape index (κ2) is 6.13. The monoisotopic (exact) mass is 290 g/mol. The van der Waals surface area contributed by atoms with Gasteiger partial charge in [-0.2, -0.15) is 0 Å². The van der Waals surface area contributed by atoms with Gasteiger partial charge in [-0.15, -0.1) is 0 Å². The van der Waals surface area contributed by atoms with Crippen molar-refractivity contribution in [3.8, 4) is 0 Å². The number of hydrogen-bond donors (Lipinski definition) is 2. The van der Waals surface area contributed by atoms with E-state index in [0.717, 1.165) is 13.0 Å². The van der Waals surface area contributed by atoms with E-state index in [1.54, 1.807) is 0 Å². The van der Waals surface area contributed by atoms with E-state index in [4.69, 9.17) is 4.74 Å². The number of rotatable bonds is 2. The average Bonchev–Trinajstić information content (AvgIpc) is 2.53. The molecule has 21 heavy (non-hydrogen) atoms. The molecule has 1 fully saturated rings. The molecule has 2 heterocycles. The smallest absolute Gasteiger partial charge is 0.240 e. The number of morpholine rings is 1. The third kappa shape index (κ3) is 3.10. The van der Waals surface area contributed by atoms with E-state index in [1.165, 1.54) is 11.1 Å². The van der Waals surface area contributed by atoms with E-state index < -0.39 is 0 Å². The van der Waals surface area contributed by atoms with Gasteiger partial charge in [0, 0.05) is 19.6 Å². The molecule has 2 N–H and O–H groups in total. The minimum Gasteiger partial charge on any atom is -0.394 e. The molecule has 5 nitrogen and oxygen atoms in total. The third-order valence-electron chi connectivity index (χ3n) is 4.22. The summed E-state index contributed by atoms with van der Waals surface area (Å²) in [4.78, 5) is 14.5. The highest BCUT2D eigenvalue weighted by Crippen LogP contribution is 2.19. The molecule has 3 rings (SSSR count). The summed E-state index contributed by atoms with van der Waals surface area (Å²) in [5.74, 6) is 0.109. The highest BCUT2D eigenvalue weighted by Gasteiger charge is 2.33. The van der Waals surface area contributed by atoms with Crippen molar-refractivity contribution in [2.24, 2.45) is 0 Å². The standard InChI is InChI=1S/C16H22N2O3/c1-11-8-18(9-14(10-19)21-11)16(20)15-6-12-4-2-3-5-13(12)7-17-15/h2-5,11,14-15,17,19H,6-10H2,1H3/t11?,14?,15-/m1/s1. The SMILES string of the molecule is CC1CN(C(=O)[C@H]2Cc3ccccc3CN2)CC(CO)O1. The number of aliphatic hydroxyl groups is 1. The van der Waals surface area contributed by atoms with Gasteiger partial charge in [0.15, 0.2) is 0 Å². The normalized spacial score (nSPS) is 29.0. The number of nitrogens with zero attached hydrogens (tertiary/aromatic N) is 1. The van der Waals surface area contributed by atoms with Gasteiger partial charge in [-0.1, -0.05) is 24.3 Å². The Balaban J connectivity index is 1.68. The molecule has 114 valence electrons. The van der Waals surface area contributed by atoms with Gasteiger partial charge in [-0.25, -0.2) is 0 Å². The molecule has 0 radical (unpaired) electrons. The number of ether oxygens (including phenoxy) is 1. The van der Waals surface area contributed by atoms with Crippen molar-refractivity contribution >= 4 is 5.91 Å². The molecule has 0 aromatic heterocycles. The van der Waals surface area contributed by atoms with Gasteiger partial charge >= 0.3 is 0 Å². The molecule has 0 bridgehead atoms. The predicted molar refractivity (Wildman–Crippen MR) is 78.8 cm³/mol. The van der Waals surface area contributed by atoms with E-state index in [-0.39, 0.29) is 30.8 Å². The summed E-state index contributed by atoms with van der Waals surface area (Å²) in [5.41, 5.74) is 2.51. The van der Waals surface area contributed by atoms with Crippen LogP contribution in [-0.2, 0) is 22.5 Å². The quantitative estimate of drug-likeness (QED) is 0.823. The first-order chi connectivity index (χ1) is 10.2. The number of amides is 1. The first-order valence-electron chi connectivity index (χ1n) is 7.52. The highest BCUT2D eigenvalue weighted by atomic mass is 16.5. The van der Waals surface area contributed by atoms with Crippen molar-refractivity contribution in [1.29, 1.82) is 0 Å². The zero-order valence-corrected chi connectivity index (χ0v) is 12.3. The molecule has 0 saturated carbocycles. The van der Waals surface area contributed by atoms with E-state index in [9.17, 15) is 9.90 Å². The third-order valence-corrected chi connectivity index (χ3v) is 4.22. The van der Waals surface area contributed by atoms with Crippen molar-refractivity contribution in [2.45, 2.75) is 38.1 Å². The molecule has 0 aliphatic carbocycles. The number of nitrogens with one attached hydrogen (secondary N) is 1. The maximum Gasteiger partial charge on any atom is 0.240 e. The summed E-state index contributed by atoms with van der Waals surface area (Å²) in [6, 6.07) is 8.06. The number of carbonyl (C=O) groups excluding carboxylic acids is 1. The van der Waals surface area contributed by atoms with Crippen LogP contribution in [0.3, 0.4) is 0 Å². The van der Waals surface area contributed by atoms with E-state index in [1.807, 2.05) is 24.0 Å². The van der Waals surface area contributed by atoms with Gasteiger partial charge in [-0.05, 0) is 24.5 Å². The Morgan fingerprint density at radius 2 is 2.14 bits per heavy atom. The van der Waals surface area contributed by atoms with Gasteiger partial charge < -0.3 is 20.1 Å².